The molecule has 2 aromatic rings. The van der Waals surface area contributed by atoms with Gasteiger partial charge in [-0.3, -0.25) is 9.80 Å². The molecule has 1 aromatic heterocycles. The van der Waals surface area contributed by atoms with Crippen LogP contribution < -0.4 is 4.90 Å². The number of alkyl halides is 3. The largest absolute Gasteiger partial charge is 0.446 e. The Balaban J connectivity index is 1.09. The molecule has 3 aliphatic rings. The van der Waals surface area contributed by atoms with Crippen LogP contribution in [0.2, 0.25) is 0 Å². The molecule has 3 heterocycles. The minimum atomic E-state index is -4.48. The van der Waals surface area contributed by atoms with Crippen molar-refractivity contribution in [3.63, 3.8) is 0 Å². The molecular formula is C25H29F4N5O2. The molecular weight excluding hydrogens is 478 g/mol. The van der Waals surface area contributed by atoms with E-state index in [2.05, 4.69) is 14.9 Å². The molecule has 2 atom stereocenters. The number of hydrogen-bond acceptors (Lipinski definition) is 6. The fourth-order valence-corrected chi connectivity index (χ4v) is 5.79. The Morgan fingerprint density at radius 2 is 1.64 bits per heavy atom. The summed E-state index contributed by atoms with van der Waals surface area (Å²) in [4.78, 5) is 26.5. The van der Waals surface area contributed by atoms with E-state index in [-0.39, 0.29) is 41.5 Å². The van der Waals surface area contributed by atoms with Gasteiger partial charge in [0, 0.05) is 50.5 Å². The highest BCUT2D eigenvalue weighted by atomic mass is 19.4. The van der Waals surface area contributed by atoms with Crippen molar-refractivity contribution in [3.8, 4) is 0 Å². The van der Waals surface area contributed by atoms with E-state index in [4.69, 9.17) is 4.74 Å². The first-order valence-corrected chi connectivity index (χ1v) is 12.1. The number of nitrogens with zero attached hydrogens (tertiary/aromatic N) is 5. The zero-order chi connectivity index (χ0) is 25.7. The van der Waals surface area contributed by atoms with Crippen molar-refractivity contribution in [2.45, 2.75) is 57.6 Å². The van der Waals surface area contributed by atoms with Crippen molar-refractivity contribution in [1.29, 1.82) is 0 Å². The number of aromatic nitrogens is 2. The zero-order valence-corrected chi connectivity index (χ0v) is 20.2. The van der Waals surface area contributed by atoms with Crippen LogP contribution in [0.25, 0.3) is 0 Å². The number of benzene rings is 1. The summed E-state index contributed by atoms with van der Waals surface area (Å²) in [6, 6.07) is 6.13. The Kier molecular flexibility index (Phi) is 6.30. The van der Waals surface area contributed by atoms with Crippen molar-refractivity contribution in [2.24, 2.45) is 5.41 Å². The molecule has 5 rings (SSSR count). The molecule has 1 spiro atoms. The second-order valence-corrected chi connectivity index (χ2v) is 10.5. The highest BCUT2D eigenvalue weighted by Crippen LogP contribution is 2.50. The highest BCUT2D eigenvalue weighted by Gasteiger charge is 2.54. The molecule has 0 N–H and O–H groups in total. The number of likely N-dealkylation sites (tertiary alicyclic amines) is 1. The van der Waals surface area contributed by atoms with Gasteiger partial charge in [-0.05, 0) is 44.4 Å². The van der Waals surface area contributed by atoms with E-state index in [1.54, 1.807) is 21.9 Å². The van der Waals surface area contributed by atoms with Crippen molar-refractivity contribution in [3.05, 3.63) is 53.6 Å². The fraction of sp³-hybridized carbons (Fsp3) is 0.560. The van der Waals surface area contributed by atoms with Crippen molar-refractivity contribution < 1.29 is 27.1 Å². The topological polar surface area (TPSA) is 61.8 Å². The van der Waals surface area contributed by atoms with Gasteiger partial charge in [-0.25, -0.2) is 19.2 Å². The summed E-state index contributed by atoms with van der Waals surface area (Å²) in [7, 11) is 0. The second kappa shape index (κ2) is 9.17. The number of amides is 1. The Morgan fingerprint density at radius 1 is 1.06 bits per heavy atom. The van der Waals surface area contributed by atoms with Crippen LogP contribution in [0.1, 0.15) is 37.8 Å². The van der Waals surface area contributed by atoms with E-state index in [1.807, 2.05) is 13.8 Å². The van der Waals surface area contributed by atoms with Crippen molar-refractivity contribution in [2.75, 3.05) is 31.1 Å². The maximum absolute atomic E-state index is 13.1. The van der Waals surface area contributed by atoms with Gasteiger partial charge in [-0.2, -0.15) is 13.2 Å². The number of carbonyl (C=O) groups excluding carboxylic acids is 1. The van der Waals surface area contributed by atoms with Crippen molar-refractivity contribution in [1.82, 2.24) is 19.8 Å². The van der Waals surface area contributed by atoms with Gasteiger partial charge in [-0.1, -0.05) is 12.1 Å². The lowest BCUT2D eigenvalue weighted by Crippen LogP contribution is -2.65. The Bertz CT molecular complexity index is 1070. The van der Waals surface area contributed by atoms with E-state index >= 15 is 0 Å². The van der Waals surface area contributed by atoms with Crippen LogP contribution >= 0.6 is 0 Å². The van der Waals surface area contributed by atoms with Crippen LogP contribution in [-0.4, -0.2) is 70.2 Å². The number of ether oxygens (including phenoxy) is 1. The third-order valence-corrected chi connectivity index (χ3v) is 7.40. The molecule has 0 radical (unpaired) electrons. The monoisotopic (exact) mass is 507 g/mol. The SMILES string of the molecule is C[C@@H]1CN(c2ncc(C(F)(F)F)cn2)C[C@H](C)N1C(=O)OC1CC2(C1)CN(Cc1ccc(F)cc1)C2. The number of hydrogen-bond donors (Lipinski definition) is 0. The van der Waals surface area contributed by atoms with Crippen molar-refractivity contribution >= 4 is 12.0 Å². The summed E-state index contributed by atoms with van der Waals surface area (Å²) in [6.07, 6.45) is -1.71. The molecule has 194 valence electrons. The average Bonchev–Trinajstić information content (AvgIpc) is 2.76. The number of carbonyl (C=O) groups is 1. The van der Waals surface area contributed by atoms with Gasteiger partial charge in [0.15, 0.2) is 0 Å². The van der Waals surface area contributed by atoms with Crippen LogP contribution in [0.5, 0.6) is 0 Å². The molecule has 36 heavy (non-hydrogen) atoms. The number of anilines is 1. The van der Waals surface area contributed by atoms with Gasteiger partial charge >= 0.3 is 12.3 Å². The quantitative estimate of drug-likeness (QED) is 0.574. The predicted octanol–water partition coefficient (Wildman–Crippen LogP) is 4.33. The first-order chi connectivity index (χ1) is 17.0. The minimum Gasteiger partial charge on any atom is -0.446 e. The molecule has 7 nitrogen and oxygen atoms in total. The highest BCUT2D eigenvalue weighted by molar-refractivity contribution is 5.69. The van der Waals surface area contributed by atoms with Crippen LogP contribution in [-0.2, 0) is 17.5 Å². The third-order valence-electron chi connectivity index (χ3n) is 7.40. The minimum absolute atomic E-state index is 0.110. The lowest BCUT2D eigenvalue weighted by atomic mass is 9.61. The fourth-order valence-electron chi connectivity index (χ4n) is 5.79. The van der Waals surface area contributed by atoms with Crippen LogP contribution in [0.4, 0.5) is 28.3 Å². The number of rotatable bonds is 4. The maximum atomic E-state index is 13.1. The summed E-state index contributed by atoms with van der Waals surface area (Å²) in [5, 5.41) is 0. The van der Waals surface area contributed by atoms with E-state index in [9.17, 15) is 22.4 Å². The van der Waals surface area contributed by atoms with E-state index in [0.29, 0.717) is 13.1 Å². The molecule has 1 amide bonds. The zero-order valence-electron chi connectivity index (χ0n) is 20.2. The molecule has 11 heteroatoms. The molecule has 0 bridgehead atoms. The Labute approximate surface area is 207 Å². The summed E-state index contributed by atoms with van der Waals surface area (Å²) in [6.45, 7) is 7.24. The summed E-state index contributed by atoms with van der Waals surface area (Å²) < 4.78 is 57.3. The standard InChI is InChI=1S/C25H29F4N5O2/c1-16-11-33(22-30-9-19(10-31-22)25(27,28)29)12-17(2)34(16)23(35)36-21-7-24(8-21)14-32(15-24)13-18-3-5-20(26)6-4-18/h3-6,9-10,16-17,21H,7-8,11-15H2,1-2H3/t16-,17+. The molecule has 1 aromatic carbocycles. The predicted molar refractivity (Wildman–Crippen MR) is 124 cm³/mol. The van der Waals surface area contributed by atoms with Crippen LogP contribution in [0, 0.1) is 11.2 Å². The number of piperazine rings is 1. The summed E-state index contributed by atoms with van der Waals surface area (Å²) in [5.41, 5.74) is 0.385. The Morgan fingerprint density at radius 3 is 2.19 bits per heavy atom. The maximum Gasteiger partial charge on any atom is 0.419 e. The van der Waals surface area contributed by atoms with Crippen LogP contribution in [0.15, 0.2) is 36.7 Å². The van der Waals surface area contributed by atoms with Gasteiger partial charge in [-0.15, -0.1) is 0 Å². The molecule has 1 saturated carbocycles. The van der Waals surface area contributed by atoms with E-state index < -0.39 is 11.7 Å². The summed E-state index contributed by atoms with van der Waals surface area (Å²) in [5.74, 6) is -0.0220. The molecule has 1 aliphatic carbocycles. The number of halogens is 4. The lowest BCUT2D eigenvalue weighted by Gasteiger charge is -2.58. The van der Waals surface area contributed by atoms with Gasteiger partial charge < -0.3 is 9.64 Å². The second-order valence-electron chi connectivity index (χ2n) is 10.5. The first kappa shape index (κ1) is 24.7. The summed E-state index contributed by atoms with van der Waals surface area (Å²) >= 11 is 0. The Hall–Kier alpha value is -2.95. The molecule has 2 aliphatic heterocycles. The van der Waals surface area contributed by atoms with Gasteiger partial charge in [0.25, 0.3) is 0 Å². The third kappa shape index (κ3) is 4.98. The first-order valence-electron chi connectivity index (χ1n) is 12.1. The molecule has 2 saturated heterocycles. The van der Waals surface area contributed by atoms with Crippen LogP contribution in [0.3, 0.4) is 0 Å². The van der Waals surface area contributed by atoms with E-state index in [1.165, 1.54) is 12.1 Å². The molecule has 0 unspecified atom stereocenters. The van der Waals surface area contributed by atoms with Gasteiger partial charge in [0.2, 0.25) is 5.95 Å². The van der Waals surface area contributed by atoms with E-state index in [0.717, 1.165) is 50.4 Å². The van der Waals surface area contributed by atoms with Gasteiger partial charge in [0.1, 0.15) is 11.9 Å². The average molecular weight is 508 g/mol. The normalized spacial score (nSPS) is 24.4. The smallest absolute Gasteiger partial charge is 0.419 e. The van der Waals surface area contributed by atoms with Gasteiger partial charge in [0.05, 0.1) is 17.6 Å². The molecule has 3 fully saturated rings. The lowest BCUT2D eigenvalue weighted by molar-refractivity contribution is -0.138.